The molecule has 7 heteroatoms. The molecule has 0 radical (unpaired) electrons. The summed E-state index contributed by atoms with van der Waals surface area (Å²) in [6.07, 6.45) is 0. The number of hydrogen-bond donors (Lipinski definition) is 0. The number of aromatic nitrogens is 4. The highest BCUT2D eigenvalue weighted by Gasteiger charge is 2.14. The fourth-order valence-corrected chi connectivity index (χ4v) is 2.56. The third kappa shape index (κ3) is 3.65. The van der Waals surface area contributed by atoms with Gasteiger partial charge in [-0.15, -0.1) is 5.10 Å². The van der Waals surface area contributed by atoms with Crippen LogP contribution >= 0.6 is 0 Å². The van der Waals surface area contributed by atoms with Crippen LogP contribution in [0.15, 0.2) is 48.5 Å². The van der Waals surface area contributed by atoms with Crippen molar-refractivity contribution in [1.82, 2.24) is 25.1 Å². The minimum absolute atomic E-state index is 0.0622. The van der Waals surface area contributed by atoms with Crippen molar-refractivity contribution >= 4 is 5.91 Å². The first kappa shape index (κ1) is 16.6. The monoisotopic (exact) mass is 337 g/mol. The summed E-state index contributed by atoms with van der Waals surface area (Å²) in [6, 6.07) is 15.0. The number of benzene rings is 2. The van der Waals surface area contributed by atoms with Gasteiger partial charge >= 0.3 is 0 Å². The zero-order valence-corrected chi connectivity index (χ0v) is 14.4. The second-order valence-corrected chi connectivity index (χ2v) is 5.72. The first-order valence-corrected chi connectivity index (χ1v) is 7.79. The van der Waals surface area contributed by atoms with Gasteiger partial charge in [0.05, 0.1) is 7.11 Å². The quantitative estimate of drug-likeness (QED) is 0.713. The maximum absolute atomic E-state index is 12.7. The Hall–Kier alpha value is -3.22. The van der Waals surface area contributed by atoms with Gasteiger partial charge in [0.2, 0.25) is 0 Å². The highest BCUT2D eigenvalue weighted by molar-refractivity contribution is 5.95. The fraction of sp³-hybridized carbons (Fsp3) is 0.222. The van der Waals surface area contributed by atoms with E-state index in [1.165, 1.54) is 0 Å². The van der Waals surface area contributed by atoms with Gasteiger partial charge in [0, 0.05) is 31.8 Å². The van der Waals surface area contributed by atoms with Gasteiger partial charge in [-0.1, -0.05) is 24.3 Å². The molecule has 0 saturated carbocycles. The summed E-state index contributed by atoms with van der Waals surface area (Å²) < 4.78 is 6.72. The van der Waals surface area contributed by atoms with Crippen LogP contribution in [0, 0.1) is 0 Å². The Labute approximate surface area is 145 Å². The largest absolute Gasteiger partial charge is 0.497 e. The number of nitrogens with zero attached hydrogens (tertiary/aromatic N) is 5. The van der Waals surface area contributed by atoms with Gasteiger partial charge in [-0.05, 0) is 40.3 Å². The number of carbonyl (C=O) groups is 1. The van der Waals surface area contributed by atoms with Crippen LogP contribution in [0.25, 0.3) is 11.4 Å². The number of aryl methyl sites for hydroxylation is 1. The van der Waals surface area contributed by atoms with Crippen molar-refractivity contribution in [2.75, 3.05) is 14.2 Å². The van der Waals surface area contributed by atoms with E-state index >= 15 is 0 Å². The summed E-state index contributed by atoms with van der Waals surface area (Å²) in [5.74, 6) is 1.35. The zero-order valence-electron chi connectivity index (χ0n) is 14.4. The van der Waals surface area contributed by atoms with Crippen molar-refractivity contribution in [3.05, 3.63) is 59.7 Å². The van der Waals surface area contributed by atoms with E-state index < -0.39 is 0 Å². The molecular weight excluding hydrogens is 318 g/mol. The third-order valence-corrected chi connectivity index (χ3v) is 3.91. The first-order valence-electron chi connectivity index (χ1n) is 7.79. The first-order chi connectivity index (χ1) is 12.1. The molecule has 0 saturated heterocycles. The van der Waals surface area contributed by atoms with Crippen molar-refractivity contribution in [2.45, 2.75) is 6.54 Å². The van der Waals surface area contributed by atoms with E-state index in [1.807, 2.05) is 36.4 Å². The average Bonchev–Trinajstić information content (AvgIpc) is 3.08. The lowest BCUT2D eigenvalue weighted by Crippen LogP contribution is -2.26. The SMILES string of the molecule is COc1ccc(CN(C)C(=O)c2cccc(-c3nnnn3C)c2)cc1. The Kier molecular flexibility index (Phi) is 4.74. The maximum atomic E-state index is 12.7. The van der Waals surface area contributed by atoms with Gasteiger partial charge < -0.3 is 9.64 Å². The van der Waals surface area contributed by atoms with E-state index in [0.29, 0.717) is 17.9 Å². The summed E-state index contributed by atoms with van der Waals surface area (Å²) in [5.41, 5.74) is 2.43. The zero-order chi connectivity index (χ0) is 17.8. The molecule has 3 aromatic rings. The van der Waals surface area contributed by atoms with E-state index in [2.05, 4.69) is 15.5 Å². The average molecular weight is 337 g/mol. The van der Waals surface area contributed by atoms with Crippen molar-refractivity contribution < 1.29 is 9.53 Å². The molecule has 0 spiro atoms. The van der Waals surface area contributed by atoms with E-state index in [4.69, 9.17) is 4.74 Å². The third-order valence-electron chi connectivity index (χ3n) is 3.91. The second-order valence-electron chi connectivity index (χ2n) is 5.72. The molecule has 0 N–H and O–H groups in total. The number of tetrazole rings is 1. The molecule has 0 bridgehead atoms. The number of hydrogen-bond acceptors (Lipinski definition) is 5. The van der Waals surface area contributed by atoms with Crippen LogP contribution < -0.4 is 4.74 Å². The Balaban J connectivity index is 1.76. The topological polar surface area (TPSA) is 73.1 Å². The smallest absolute Gasteiger partial charge is 0.253 e. The molecule has 0 atom stereocenters. The summed E-state index contributed by atoms with van der Waals surface area (Å²) in [4.78, 5) is 14.4. The number of methoxy groups -OCH3 is 1. The van der Waals surface area contributed by atoms with Gasteiger partial charge in [0.1, 0.15) is 5.75 Å². The molecule has 7 nitrogen and oxygen atoms in total. The van der Waals surface area contributed by atoms with Gasteiger partial charge in [0.25, 0.3) is 5.91 Å². The maximum Gasteiger partial charge on any atom is 0.253 e. The highest BCUT2D eigenvalue weighted by Crippen LogP contribution is 2.18. The van der Waals surface area contributed by atoms with Crippen LogP contribution in [0.1, 0.15) is 15.9 Å². The molecular formula is C18H19N5O2. The van der Waals surface area contributed by atoms with Crippen LogP contribution in [0.4, 0.5) is 0 Å². The summed E-state index contributed by atoms with van der Waals surface area (Å²) >= 11 is 0. The normalized spacial score (nSPS) is 10.5. The number of ether oxygens (including phenoxy) is 1. The predicted octanol–water partition coefficient (Wildman–Crippen LogP) is 2.16. The minimum atomic E-state index is -0.0622. The van der Waals surface area contributed by atoms with Gasteiger partial charge in [-0.3, -0.25) is 4.79 Å². The molecule has 25 heavy (non-hydrogen) atoms. The molecule has 2 aromatic carbocycles. The van der Waals surface area contributed by atoms with Crippen molar-refractivity contribution in [1.29, 1.82) is 0 Å². The van der Waals surface area contributed by atoms with Crippen LogP contribution in [-0.4, -0.2) is 45.2 Å². The standard InChI is InChI=1S/C18H19N5O2/c1-22(12-13-7-9-16(25-3)10-8-13)18(24)15-6-4-5-14(11-15)17-19-20-21-23(17)2/h4-11H,12H2,1-3H3. The predicted molar refractivity (Wildman–Crippen MR) is 93.0 cm³/mol. The summed E-state index contributed by atoms with van der Waals surface area (Å²) in [7, 11) is 5.17. The molecule has 1 amide bonds. The molecule has 0 aliphatic carbocycles. The highest BCUT2D eigenvalue weighted by atomic mass is 16.5. The van der Waals surface area contributed by atoms with Crippen LogP contribution in [0.5, 0.6) is 5.75 Å². The van der Waals surface area contributed by atoms with Gasteiger partial charge in [0.15, 0.2) is 5.82 Å². The molecule has 0 unspecified atom stereocenters. The summed E-state index contributed by atoms with van der Waals surface area (Å²) in [6.45, 7) is 0.512. The minimum Gasteiger partial charge on any atom is -0.497 e. The lowest BCUT2D eigenvalue weighted by molar-refractivity contribution is 0.0785. The van der Waals surface area contributed by atoms with Crippen molar-refractivity contribution in [2.24, 2.45) is 7.05 Å². The molecule has 0 aliphatic rings. The van der Waals surface area contributed by atoms with Gasteiger partial charge in [-0.25, -0.2) is 4.68 Å². The summed E-state index contributed by atoms with van der Waals surface area (Å²) in [5, 5.41) is 11.4. The second kappa shape index (κ2) is 7.12. The molecule has 1 aromatic heterocycles. The lowest BCUT2D eigenvalue weighted by Gasteiger charge is -2.18. The Morgan fingerprint density at radius 1 is 1.20 bits per heavy atom. The van der Waals surface area contributed by atoms with Crippen molar-refractivity contribution in [3.8, 4) is 17.1 Å². The Morgan fingerprint density at radius 2 is 1.96 bits per heavy atom. The van der Waals surface area contributed by atoms with E-state index in [0.717, 1.165) is 16.9 Å². The van der Waals surface area contributed by atoms with Crippen LogP contribution in [0.3, 0.4) is 0 Å². The number of carbonyl (C=O) groups excluding carboxylic acids is 1. The number of amides is 1. The van der Waals surface area contributed by atoms with E-state index in [-0.39, 0.29) is 5.91 Å². The Bertz CT molecular complexity index is 873. The molecule has 0 aliphatic heterocycles. The lowest BCUT2D eigenvalue weighted by atomic mass is 10.1. The molecule has 0 fully saturated rings. The molecule has 1 heterocycles. The van der Waals surface area contributed by atoms with Crippen LogP contribution in [0.2, 0.25) is 0 Å². The van der Waals surface area contributed by atoms with Crippen LogP contribution in [-0.2, 0) is 13.6 Å². The Morgan fingerprint density at radius 3 is 2.60 bits per heavy atom. The van der Waals surface area contributed by atoms with E-state index in [1.54, 1.807) is 42.9 Å². The van der Waals surface area contributed by atoms with E-state index in [9.17, 15) is 4.79 Å². The molecule has 3 rings (SSSR count). The molecule has 128 valence electrons. The fourth-order valence-electron chi connectivity index (χ4n) is 2.56. The van der Waals surface area contributed by atoms with Gasteiger partial charge in [-0.2, -0.15) is 0 Å². The number of rotatable bonds is 5. The van der Waals surface area contributed by atoms with Crippen molar-refractivity contribution in [3.63, 3.8) is 0 Å².